The SMILES string of the molecule is CS(=O)(=O)c1ccc(/C(=C2\CCOC2)c2ccc(Cl)nc2)cc1. The number of nitrogens with zero attached hydrogens (tertiary/aromatic N) is 1. The maximum absolute atomic E-state index is 11.6. The van der Waals surface area contributed by atoms with E-state index in [0.717, 1.165) is 23.1 Å². The number of aromatic nitrogens is 1. The monoisotopic (exact) mass is 349 g/mol. The van der Waals surface area contributed by atoms with Gasteiger partial charge >= 0.3 is 0 Å². The molecular weight excluding hydrogens is 334 g/mol. The lowest BCUT2D eigenvalue weighted by molar-refractivity contribution is 0.205. The Kier molecular flexibility index (Phi) is 4.53. The Balaban J connectivity index is 2.09. The van der Waals surface area contributed by atoms with Crippen LogP contribution < -0.4 is 0 Å². The number of hydrogen-bond acceptors (Lipinski definition) is 4. The topological polar surface area (TPSA) is 56.3 Å². The van der Waals surface area contributed by atoms with Crippen LogP contribution in [-0.2, 0) is 14.6 Å². The smallest absolute Gasteiger partial charge is 0.175 e. The van der Waals surface area contributed by atoms with E-state index in [1.165, 1.54) is 11.8 Å². The van der Waals surface area contributed by atoms with Gasteiger partial charge in [-0.25, -0.2) is 13.4 Å². The minimum Gasteiger partial charge on any atom is -0.377 e. The molecule has 2 heterocycles. The number of pyridine rings is 1. The van der Waals surface area contributed by atoms with E-state index in [-0.39, 0.29) is 0 Å². The molecule has 0 aliphatic carbocycles. The summed E-state index contributed by atoms with van der Waals surface area (Å²) < 4.78 is 28.7. The standard InChI is InChI=1S/C17H16ClNO3S/c1-23(20,21)15-5-2-12(3-6-15)17(14-8-9-22-11-14)13-4-7-16(18)19-10-13/h2-7,10H,8-9,11H2,1H3/b17-14-. The van der Waals surface area contributed by atoms with Gasteiger partial charge in [-0.05, 0) is 47.4 Å². The quantitative estimate of drug-likeness (QED) is 0.797. The van der Waals surface area contributed by atoms with Gasteiger partial charge in [-0.1, -0.05) is 23.7 Å². The first kappa shape index (κ1) is 16.2. The van der Waals surface area contributed by atoms with Crippen LogP contribution in [0, 0.1) is 0 Å². The molecule has 0 N–H and O–H groups in total. The van der Waals surface area contributed by atoms with Crippen LogP contribution in [0.15, 0.2) is 53.1 Å². The lowest BCUT2D eigenvalue weighted by Gasteiger charge is -2.12. The molecule has 1 aliphatic heterocycles. The third-order valence-electron chi connectivity index (χ3n) is 3.77. The van der Waals surface area contributed by atoms with E-state index in [4.69, 9.17) is 16.3 Å². The van der Waals surface area contributed by atoms with Gasteiger partial charge < -0.3 is 4.74 Å². The summed E-state index contributed by atoms with van der Waals surface area (Å²) in [6, 6.07) is 10.6. The van der Waals surface area contributed by atoms with Gasteiger partial charge in [0, 0.05) is 18.0 Å². The Morgan fingerprint density at radius 2 is 1.83 bits per heavy atom. The summed E-state index contributed by atoms with van der Waals surface area (Å²) in [6.07, 6.45) is 3.79. The molecule has 0 radical (unpaired) electrons. The highest BCUT2D eigenvalue weighted by molar-refractivity contribution is 7.90. The predicted octanol–water partition coefficient (Wildman–Crippen LogP) is 3.36. The zero-order chi connectivity index (χ0) is 16.4. The molecule has 1 saturated heterocycles. The summed E-state index contributed by atoms with van der Waals surface area (Å²) in [5.41, 5.74) is 4.11. The van der Waals surface area contributed by atoms with E-state index < -0.39 is 9.84 Å². The van der Waals surface area contributed by atoms with E-state index in [2.05, 4.69) is 4.98 Å². The number of halogens is 1. The molecule has 0 saturated carbocycles. The molecule has 6 heteroatoms. The van der Waals surface area contributed by atoms with Gasteiger partial charge in [0.1, 0.15) is 5.15 Å². The van der Waals surface area contributed by atoms with Crippen LogP contribution in [0.1, 0.15) is 17.5 Å². The van der Waals surface area contributed by atoms with Crippen LogP contribution in [0.5, 0.6) is 0 Å². The van der Waals surface area contributed by atoms with Gasteiger partial charge in [0.25, 0.3) is 0 Å². The van der Waals surface area contributed by atoms with Crippen molar-refractivity contribution in [3.05, 3.63) is 64.4 Å². The highest BCUT2D eigenvalue weighted by Crippen LogP contribution is 2.31. The van der Waals surface area contributed by atoms with Crippen molar-refractivity contribution in [3.63, 3.8) is 0 Å². The van der Waals surface area contributed by atoms with Crippen molar-refractivity contribution in [2.45, 2.75) is 11.3 Å². The van der Waals surface area contributed by atoms with Crippen LogP contribution >= 0.6 is 11.6 Å². The molecule has 0 bridgehead atoms. The van der Waals surface area contributed by atoms with Crippen LogP contribution in [0.25, 0.3) is 5.57 Å². The molecule has 3 rings (SSSR count). The van der Waals surface area contributed by atoms with Gasteiger partial charge in [-0.15, -0.1) is 0 Å². The Bertz CT molecular complexity index is 832. The molecule has 4 nitrogen and oxygen atoms in total. The average Bonchev–Trinajstić information content (AvgIpc) is 3.03. The lowest BCUT2D eigenvalue weighted by atomic mass is 9.93. The fourth-order valence-corrected chi connectivity index (χ4v) is 3.37. The minimum absolute atomic E-state index is 0.308. The number of sulfone groups is 1. The zero-order valence-corrected chi connectivity index (χ0v) is 14.2. The predicted molar refractivity (Wildman–Crippen MR) is 90.3 cm³/mol. The van der Waals surface area contributed by atoms with Crippen molar-refractivity contribution in [2.75, 3.05) is 19.5 Å². The molecule has 1 fully saturated rings. The van der Waals surface area contributed by atoms with Crippen LogP contribution in [-0.4, -0.2) is 32.9 Å². The van der Waals surface area contributed by atoms with Crippen LogP contribution in [0.4, 0.5) is 0 Å². The first-order valence-electron chi connectivity index (χ1n) is 7.17. The number of hydrogen-bond donors (Lipinski definition) is 0. The van der Waals surface area contributed by atoms with Crippen molar-refractivity contribution in [2.24, 2.45) is 0 Å². The maximum Gasteiger partial charge on any atom is 0.175 e. The van der Waals surface area contributed by atoms with Crippen LogP contribution in [0.3, 0.4) is 0 Å². The third kappa shape index (κ3) is 3.63. The Hall–Kier alpha value is -1.69. The van der Waals surface area contributed by atoms with Gasteiger partial charge in [-0.3, -0.25) is 0 Å². The molecule has 1 aromatic carbocycles. The molecule has 0 amide bonds. The number of ether oxygens (including phenoxy) is 1. The normalized spacial score (nSPS) is 17.3. The molecule has 1 aliphatic rings. The molecule has 1 aromatic heterocycles. The highest BCUT2D eigenvalue weighted by atomic mass is 35.5. The summed E-state index contributed by atoms with van der Waals surface area (Å²) in [7, 11) is -3.21. The Morgan fingerprint density at radius 3 is 2.35 bits per heavy atom. The molecule has 2 aromatic rings. The van der Waals surface area contributed by atoms with Crippen molar-refractivity contribution in [1.82, 2.24) is 4.98 Å². The van der Waals surface area contributed by atoms with Crippen molar-refractivity contribution in [3.8, 4) is 0 Å². The van der Waals surface area contributed by atoms with Crippen LogP contribution in [0.2, 0.25) is 5.15 Å². The van der Waals surface area contributed by atoms with E-state index in [0.29, 0.717) is 23.3 Å². The first-order chi connectivity index (χ1) is 10.9. The maximum atomic E-state index is 11.6. The van der Waals surface area contributed by atoms with Gasteiger partial charge in [0.05, 0.1) is 18.1 Å². The Labute approximate surface area is 140 Å². The van der Waals surface area contributed by atoms with E-state index in [9.17, 15) is 8.42 Å². The summed E-state index contributed by atoms with van der Waals surface area (Å²) in [4.78, 5) is 4.46. The fourth-order valence-electron chi connectivity index (χ4n) is 2.63. The summed E-state index contributed by atoms with van der Waals surface area (Å²) in [6.45, 7) is 1.27. The van der Waals surface area contributed by atoms with E-state index in [1.807, 2.05) is 18.2 Å². The second-order valence-electron chi connectivity index (χ2n) is 5.45. The number of rotatable bonds is 3. The molecule has 0 atom stereocenters. The van der Waals surface area contributed by atoms with Gasteiger partial charge in [0.2, 0.25) is 0 Å². The minimum atomic E-state index is -3.21. The summed E-state index contributed by atoms with van der Waals surface area (Å²) >= 11 is 5.87. The molecular formula is C17H16ClNO3S. The molecule has 23 heavy (non-hydrogen) atoms. The second kappa shape index (κ2) is 6.43. The molecule has 120 valence electrons. The van der Waals surface area contributed by atoms with E-state index >= 15 is 0 Å². The Morgan fingerprint density at radius 1 is 1.13 bits per heavy atom. The zero-order valence-electron chi connectivity index (χ0n) is 12.6. The third-order valence-corrected chi connectivity index (χ3v) is 5.12. The van der Waals surface area contributed by atoms with Gasteiger partial charge in [-0.2, -0.15) is 0 Å². The lowest BCUT2D eigenvalue weighted by Crippen LogP contribution is -1.99. The second-order valence-corrected chi connectivity index (χ2v) is 7.85. The molecule has 0 spiro atoms. The first-order valence-corrected chi connectivity index (χ1v) is 9.44. The van der Waals surface area contributed by atoms with Crippen molar-refractivity contribution >= 4 is 27.0 Å². The summed E-state index contributed by atoms with van der Waals surface area (Å²) in [5.74, 6) is 0. The van der Waals surface area contributed by atoms with Gasteiger partial charge in [0.15, 0.2) is 9.84 Å². The summed E-state index contributed by atoms with van der Waals surface area (Å²) in [5, 5.41) is 0.438. The van der Waals surface area contributed by atoms with Crippen molar-refractivity contribution < 1.29 is 13.2 Å². The largest absolute Gasteiger partial charge is 0.377 e. The fraction of sp³-hybridized carbons (Fsp3) is 0.235. The number of benzene rings is 1. The highest BCUT2D eigenvalue weighted by Gasteiger charge is 2.17. The van der Waals surface area contributed by atoms with E-state index in [1.54, 1.807) is 24.4 Å². The molecule has 0 unspecified atom stereocenters. The van der Waals surface area contributed by atoms with Crippen molar-refractivity contribution in [1.29, 1.82) is 0 Å². The average molecular weight is 350 g/mol.